The van der Waals surface area contributed by atoms with Gasteiger partial charge in [-0.25, -0.2) is 13.2 Å². The first-order valence-corrected chi connectivity index (χ1v) is 4.73. The molecule has 7 heteroatoms. The van der Waals surface area contributed by atoms with E-state index in [0.29, 0.717) is 0 Å². The van der Waals surface area contributed by atoms with E-state index in [9.17, 15) is 13.2 Å². The van der Waals surface area contributed by atoms with E-state index >= 15 is 0 Å². The summed E-state index contributed by atoms with van der Waals surface area (Å²) in [6, 6.07) is 1.28. The second-order valence-electron chi connectivity index (χ2n) is 3.46. The predicted octanol–water partition coefficient (Wildman–Crippen LogP) is 2.17. The molecule has 90 valence electrons. The fourth-order valence-corrected chi connectivity index (χ4v) is 1.22. The van der Waals surface area contributed by atoms with Gasteiger partial charge < -0.3 is 10.2 Å². The van der Waals surface area contributed by atoms with Crippen LogP contribution < -0.4 is 5.73 Å². The van der Waals surface area contributed by atoms with Gasteiger partial charge in [-0.2, -0.15) is 0 Å². The van der Waals surface area contributed by atoms with Gasteiger partial charge in [-0.3, -0.25) is 0 Å². The molecule has 0 amide bonds. The summed E-state index contributed by atoms with van der Waals surface area (Å²) in [6.45, 7) is 1.60. The molecule has 17 heavy (non-hydrogen) atoms. The van der Waals surface area contributed by atoms with Crippen LogP contribution in [0, 0.1) is 17.5 Å². The lowest BCUT2D eigenvalue weighted by atomic mass is 10.2. The molecule has 0 fully saturated rings. The Kier molecular flexibility index (Phi) is 2.84. The number of hydrogen-bond donors (Lipinski definition) is 1. The Bertz CT molecular complexity index is 554. The SMILES string of the molecule is CC(N)c1nnc(-c2ccc(F)c(F)c2F)o1. The molecule has 0 spiro atoms. The molecule has 2 aromatic rings. The molecule has 1 atom stereocenters. The molecule has 2 rings (SSSR count). The van der Waals surface area contributed by atoms with E-state index < -0.39 is 23.5 Å². The highest BCUT2D eigenvalue weighted by Gasteiger charge is 2.19. The lowest BCUT2D eigenvalue weighted by molar-refractivity contribution is 0.440. The molecule has 0 bridgehead atoms. The van der Waals surface area contributed by atoms with E-state index in [1.807, 2.05) is 0 Å². The van der Waals surface area contributed by atoms with Crippen molar-refractivity contribution in [2.45, 2.75) is 13.0 Å². The fraction of sp³-hybridized carbons (Fsp3) is 0.200. The van der Waals surface area contributed by atoms with E-state index in [0.717, 1.165) is 12.1 Å². The summed E-state index contributed by atoms with van der Waals surface area (Å²) in [6.07, 6.45) is 0. The summed E-state index contributed by atoms with van der Waals surface area (Å²) >= 11 is 0. The number of halogens is 3. The maximum atomic E-state index is 13.4. The highest BCUT2D eigenvalue weighted by atomic mass is 19.2. The van der Waals surface area contributed by atoms with Gasteiger partial charge in [-0.05, 0) is 19.1 Å². The molecular formula is C10H8F3N3O. The third kappa shape index (κ3) is 2.01. The molecule has 0 saturated heterocycles. The van der Waals surface area contributed by atoms with Crippen LogP contribution in [-0.2, 0) is 0 Å². The molecule has 1 unspecified atom stereocenters. The van der Waals surface area contributed by atoms with Gasteiger partial charge in [0.1, 0.15) is 0 Å². The minimum absolute atomic E-state index is 0.0872. The van der Waals surface area contributed by atoms with Crippen LogP contribution in [0.3, 0.4) is 0 Å². The summed E-state index contributed by atoms with van der Waals surface area (Å²) in [5.41, 5.74) is 5.17. The first-order chi connectivity index (χ1) is 8.00. The normalized spacial score (nSPS) is 12.8. The molecule has 2 N–H and O–H groups in total. The van der Waals surface area contributed by atoms with E-state index in [4.69, 9.17) is 10.2 Å². The van der Waals surface area contributed by atoms with E-state index in [1.54, 1.807) is 6.92 Å². The smallest absolute Gasteiger partial charge is 0.250 e. The molecule has 0 aliphatic carbocycles. The zero-order valence-electron chi connectivity index (χ0n) is 8.75. The molecule has 0 aliphatic heterocycles. The molecule has 1 heterocycles. The van der Waals surface area contributed by atoms with Crippen molar-refractivity contribution in [3.8, 4) is 11.5 Å². The Hall–Kier alpha value is -1.89. The number of nitrogens with two attached hydrogens (primary N) is 1. The lowest BCUT2D eigenvalue weighted by Gasteiger charge is -2.00. The van der Waals surface area contributed by atoms with Crippen LogP contribution in [0.15, 0.2) is 16.5 Å². The van der Waals surface area contributed by atoms with Gasteiger partial charge >= 0.3 is 0 Å². The third-order valence-electron chi connectivity index (χ3n) is 2.10. The van der Waals surface area contributed by atoms with E-state index in [1.165, 1.54) is 0 Å². The summed E-state index contributed by atoms with van der Waals surface area (Å²) in [4.78, 5) is 0. The molecule has 1 aromatic heterocycles. The zero-order valence-corrected chi connectivity index (χ0v) is 8.75. The minimum atomic E-state index is -1.58. The number of aromatic nitrogens is 2. The van der Waals surface area contributed by atoms with Gasteiger partial charge in [0.05, 0.1) is 11.6 Å². The second-order valence-corrected chi connectivity index (χ2v) is 3.46. The monoisotopic (exact) mass is 243 g/mol. The van der Waals surface area contributed by atoms with Gasteiger partial charge in [-0.1, -0.05) is 0 Å². The first-order valence-electron chi connectivity index (χ1n) is 4.73. The summed E-state index contributed by atoms with van der Waals surface area (Å²) < 4.78 is 44.1. The van der Waals surface area contributed by atoms with Crippen molar-refractivity contribution in [3.05, 3.63) is 35.5 Å². The largest absolute Gasteiger partial charge is 0.419 e. The van der Waals surface area contributed by atoms with Crippen molar-refractivity contribution in [2.24, 2.45) is 5.73 Å². The Morgan fingerprint density at radius 2 is 1.88 bits per heavy atom. The second kappa shape index (κ2) is 4.17. The summed E-state index contributed by atoms with van der Waals surface area (Å²) in [5.74, 6) is -4.39. The van der Waals surface area contributed by atoms with Crippen molar-refractivity contribution in [1.82, 2.24) is 10.2 Å². The van der Waals surface area contributed by atoms with Gasteiger partial charge in [-0.15, -0.1) is 10.2 Å². The first kappa shape index (κ1) is 11.6. The lowest BCUT2D eigenvalue weighted by Crippen LogP contribution is -2.04. The van der Waals surface area contributed by atoms with Crippen molar-refractivity contribution in [2.75, 3.05) is 0 Å². The fourth-order valence-electron chi connectivity index (χ4n) is 1.22. The Labute approximate surface area is 94.3 Å². The maximum absolute atomic E-state index is 13.4. The molecule has 4 nitrogen and oxygen atoms in total. The van der Waals surface area contributed by atoms with Crippen molar-refractivity contribution in [1.29, 1.82) is 0 Å². The van der Waals surface area contributed by atoms with Crippen LogP contribution in [-0.4, -0.2) is 10.2 Å². The number of benzene rings is 1. The van der Waals surface area contributed by atoms with Crippen molar-refractivity contribution < 1.29 is 17.6 Å². The van der Waals surface area contributed by atoms with Crippen molar-refractivity contribution in [3.63, 3.8) is 0 Å². The van der Waals surface area contributed by atoms with Crippen molar-refractivity contribution >= 4 is 0 Å². The topological polar surface area (TPSA) is 64.9 Å². The van der Waals surface area contributed by atoms with E-state index in [-0.39, 0.29) is 17.3 Å². The Morgan fingerprint density at radius 3 is 2.47 bits per heavy atom. The highest BCUT2D eigenvalue weighted by Crippen LogP contribution is 2.25. The summed E-state index contributed by atoms with van der Waals surface area (Å²) in [7, 11) is 0. The third-order valence-corrected chi connectivity index (χ3v) is 2.10. The van der Waals surface area contributed by atoms with Crippen LogP contribution in [0.4, 0.5) is 13.2 Å². The number of rotatable bonds is 2. The van der Waals surface area contributed by atoms with Gasteiger partial charge in [0.2, 0.25) is 5.89 Å². The van der Waals surface area contributed by atoms with Gasteiger partial charge in [0, 0.05) is 0 Å². The molecule has 0 aliphatic rings. The van der Waals surface area contributed by atoms with E-state index in [2.05, 4.69) is 10.2 Å². The minimum Gasteiger partial charge on any atom is -0.419 e. The average Bonchev–Trinajstić information content (AvgIpc) is 2.75. The molecule has 1 aromatic carbocycles. The van der Waals surface area contributed by atoms with Crippen LogP contribution in [0.25, 0.3) is 11.5 Å². The highest BCUT2D eigenvalue weighted by molar-refractivity contribution is 5.53. The van der Waals surface area contributed by atoms with Crippen LogP contribution in [0.5, 0.6) is 0 Å². The van der Waals surface area contributed by atoms with Crippen LogP contribution in [0.2, 0.25) is 0 Å². The molecular weight excluding hydrogens is 235 g/mol. The zero-order chi connectivity index (χ0) is 12.6. The Balaban J connectivity index is 2.49. The van der Waals surface area contributed by atoms with Gasteiger partial charge in [0.15, 0.2) is 17.5 Å². The Morgan fingerprint density at radius 1 is 1.18 bits per heavy atom. The molecule has 0 radical (unpaired) electrons. The van der Waals surface area contributed by atoms with Crippen LogP contribution >= 0.6 is 0 Å². The standard InChI is InChI=1S/C10H8F3N3O/c1-4(14)9-15-16-10(17-9)5-2-3-6(11)8(13)7(5)12/h2-4H,14H2,1H3. The van der Waals surface area contributed by atoms with Gasteiger partial charge in [0.25, 0.3) is 5.89 Å². The summed E-state index contributed by atoms with van der Waals surface area (Å²) in [5, 5.41) is 7.07. The number of hydrogen-bond acceptors (Lipinski definition) is 4. The maximum Gasteiger partial charge on any atom is 0.250 e. The predicted molar refractivity (Wildman–Crippen MR) is 52.2 cm³/mol. The molecule has 0 saturated carbocycles. The quantitative estimate of drug-likeness (QED) is 0.821. The number of nitrogens with zero attached hydrogens (tertiary/aromatic N) is 2. The average molecular weight is 243 g/mol. The van der Waals surface area contributed by atoms with Crippen LogP contribution in [0.1, 0.15) is 18.9 Å².